The maximum absolute atomic E-state index is 11.0. The molecule has 4 nitrogen and oxygen atoms in total. The second-order valence-electron chi connectivity index (χ2n) is 3.41. The molecule has 1 rings (SSSR count). The van der Waals surface area contributed by atoms with Crippen molar-refractivity contribution in [2.75, 3.05) is 19.6 Å². The Labute approximate surface area is 79.5 Å². The van der Waals surface area contributed by atoms with Gasteiger partial charge in [0, 0.05) is 25.7 Å². The zero-order chi connectivity index (χ0) is 9.52. The van der Waals surface area contributed by atoms with E-state index >= 15 is 0 Å². The predicted molar refractivity (Wildman–Crippen MR) is 52.7 cm³/mol. The highest BCUT2D eigenvalue weighted by atomic mass is 16.2. The van der Waals surface area contributed by atoms with Crippen molar-refractivity contribution < 1.29 is 4.79 Å². The number of hydrogen-bond acceptors (Lipinski definition) is 2. The molecule has 0 heterocycles. The van der Waals surface area contributed by atoms with Crippen LogP contribution in [-0.2, 0) is 0 Å². The minimum absolute atomic E-state index is 0.0561. The van der Waals surface area contributed by atoms with Crippen LogP contribution in [0.25, 0.3) is 0 Å². The zero-order valence-electron chi connectivity index (χ0n) is 8.23. The molecule has 1 aliphatic rings. The third kappa shape index (κ3) is 5.47. The second-order valence-corrected chi connectivity index (χ2v) is 3.41. The molecule has 0 unspecified atom stereocenters. The first-order chi connectivity index (χ1) is 6.33. The molecular formula is C9H19N3O. The minimum atomic E-state index is -0.0561. The molecule has 13 heavy (non-hydrogen) atoms. The van der Waals surface area contributed by atoms with E-state index in [0.29, 0.717) is 6.54 Å². The van der Waals surface area contributed by atoms with Gasteiger partial charge in [0.2, 0.25) is 0 Å². The Morgan fingerprint density at radius 3 is 2.54 bits per heavy atom. The second kappa shape index (κ2) is 5.80. The van der Waals surface area contributed by atoms with Gasteiger partial charge in [-0.05, 0) is 19.3 Å². The van der Waals surface area contributed by atoms with Crippen molar-refractivity contribution in [3.8, 4) is 0 Å². The Morgan fingerprint density at radius 2 is 1.92 bits per heavy atom. The van der Waals surface area contributed by atoms with Crippen LogP contribution < -0.4 is 16.0 Å². The van der Waals surface area contributed by atoms with Crippen LogP contribution in [0.3, 0.4) is 0 Å². The average Bonchev–Trinajstić information content (AvgIpc) is 2.92. The summed E-state index contributed by atoms with van der Waals surface area (Å²) in [6.45, 7) is 4.38. The van der Waals surface area contributed by atoms with Crippen molar-refractivity contribution in [3.63, 3.8) is 0 Å². The van der Waals surface area contributed by atoms with Crippen LogP contribution in [0.2, 0.25) is 0 Å². The van der Waals surface area contributed by atoms with Gasteiger partial charge in [0.15, 0.2) is 0 Å². The van der Waals surface area contributed by atoms with E-state index in [9.17, 15) is 4.79 Å². The van der Waals surface area contributed by atoms with E-state index in [0.717, 1.165) is 25.6 Å². The van der Waals surface area contributed by atoms with Crippen LogP contribution in [0.4, 0.5) is 4.79 Å². The summed E-state index contributed by atoms with van der Waals surface area (Å²) in [6.07, 6.45) is 3.57. The van der Waals surface area contributed by atoms with Gasteiger partial charge in [-0.25, -0.2) is 4.79 Å². The highest BCUT2D eigenvalue weighted by Gasteiger charge is 2.19. The lowest BCUT2D eigenvalue weighted by atomic mass is 10.5. The maximum atomic E-state index is 11.0. The van der Waals surface area contributed by atoms with Crippen molar-refractivity contribution in [2.24, 2.45) is 0 Å². The quantitative estimate of drug-likeness (QED) is 0.526. The predicted octanol–water partition coefficient (Wildman–Crippen LogP) is 0.448. The summed E-state index contributed by atoms with van der Waals surface area (Å²) in [7, 11) is 0. The molecule has 0 aromatic carbocycles. The Balaban J connectivity index is 1.82. The lowest BCUT2D eigenvalue weighted by Crippen LogP contribution is -2.39. The molecule has 0 spiro atoms. The van der Waals surface area contributed by atoms with Crippen molar-refractivity contribution in [1.82, 2.24) is 16.0 Å². The highest BCUT2D eigenvalue weighted by Crippen LogP contribution is 2.17. The summed E-state index contributed by atoms with van der Waals surface area (Å²) >= 11 is 0. The van der Waals surface area contributed by atoms with E-state index in [4.69, 9.17) is 0 Å². The summed E-state index contributed by atoms with van der Waals surface area (Å²) in [5.74, 6) is 0. The van der Waals surface area contributed by atoms with Gasteiger partial charge < -0.3 is 16.0 Å². The maximum Gasteiger partial charge on any atom is 0.314 e. The number of urea groups is 1. The van der Waals surface area contributed by atoms with Crippen molar-refractivity contribution in [3.05, 3.63) is 0 Å². The Kier molecular flexibility index (Phi) is 4.60. The monoisotopic (exact) mass is 185 g/mol. The van der Waals surface area contributed by atoms with Gasteiger partial charge >= 0.3 is 6.03 Å². The largest absolute Gasteiger partial charge is 0.338 e. The zero-order valence-corrected chi connectivity index (χ0v) is 8.23. The molecule has 0 aromatic heterocycles. The third-order valence-corrected chi connectivity index (χ3v) is 1.96. The van der Waals surface area contributed by atoms with Gasteiger partial charge in [0.05, 0.1) is 0 Å². The van der Waals surface area contributed by atoms with E-state index in [2.05, 4.69) is 16.0 Å². The molecule has 1 fully saturated rings. The lowest BCUT2D eigenvalue weighted by Gasteiger charge is -2.06. The number of carbonyl (C=O) groups excluding carboxylic acids is 1. The van der Waals surface area contributed by atoms with Crippen LogP contribution in [-0.4, -0.2) is 31.7 Å². The van der Waals surface area contributed by atoms with E-state index in [1.165, 1.54) is 12.8 Å². The average molecular weight is 185 g/mol. The van der Waals surface area contributed by atoms with Crippen LogP contribution in [0.1, 0.15) is 26.2 Å². The summed E-state index contributed by atoms with van der Waals surface area (Å²) in [4.78, 5) is 11.0. The van der Waals surface area contributed by atoms with Gasteiger partial charge in [-0.1, -0.05) is 6.92 Å². The fourth-order valence-corrected chi connectivity index (χ4v) is 1.04. The minimum Gasteiger partial charge on any atom is -0.338 e. The molecule has 76 valence electrons. The van der Waals surface area contributed by atoms with Crippen LogP contribution in [0.15, 0.2) is 0 Å². The molecule has 0 bridgehead atoms. The number of amides is 2. The normalized spacial score (nSPS) is 15.5. The molecule has 0 aliphatic heterocycles. The van der Waals surface area contributed by atoms with Gasteiger partial charge in [0.1, 0.15) is 0 Å². The third-order valence-electron chi connectivity index (χ3n) is 1.96. The summed E-state index contributed by atoms with van der Waals surface area (Å²) < 4.78 is 0. The van der Waals surface area contributed by atoms with E-state index in [1.807, 2.05) is 6.92 Å². The van der Waals surface area contributed by atoms with Gasteiger partial charge in [0.25, 0.3) is 0 Å². The van der Waals surface area contributed by atoms with Gasteiger partial charge in [-0.2, -0.15) is 0 Å². The van der Waals surface area contributed by atoms with Crippen molar-refractivity contribution in [1.29, 1.82) is 0 Å². The summed E-state index contributed by atoms with van der Waals surface area (Å²) in [5, 5.41) is 8.87. The standard InChI is InChI=1S/C9H19N3O/c1-2-5-11-9(13)12-7-6-10-8-3-4-8/h8,10H,2-7H2,1H3,(H2,11,12,13). The molecule has 0 radical (unpaired) electrons. The lowest BCUT2D eigenvalue weighted by molar-refractivity contribution is 0.241. The fourth-order valence-electron chi connectivity index (χ4n) is 1.04. The molecular weight excluding hydrogens is 166 g/mol. The Morgan fingerprint density at radius 1 is 1.23 bits per heavy atom. The van der Waals surface area contributed by atoms with Crippen LogP contribution in [0.5, 0.6) is 0 Å². The summed E-state index contributed by atoms with van der Waals surface area (Å²) in [5.41, 5.74) is 0. The molecule has 2 amide bonds. The fraction of sp³-hybridized carbons (Fsp3) is 0.889. The molecule has 1 aliphatic carbocycles. The van der Waals surface area contributed by atoms with Crippen molar-refractivity contribution >= 4 is 6.03 Å². The smallest absolute Gasteiger partial charge is 0.314 e. The van der Waals surface area contributed by atoms with Gasteiger partial charge in [-0.3, -0.25) is 0 Å². The first-order valence-corrected chi connectivity index (χ1v) is 5.08. The molecule has 1 saturated carbocycles. The van der Waals surface area contributed by atoms with Gasteiger partial charge in [-0.15, -0.1) is 0 Å². The first-order valence-electron chi connectivity index (χ1n) is 5.08. The highest BCUT2D eigenvalue weighted by molar-refractivity contribution is 5.73. The Bertz CT molecular complexity index is 157. The molecule has 0 saturated heterocycles. The number of carbonyl (C=O) groups is 1. The summed E-state index contributed by atoms with van der Waals surface area (Å²) in [6, 6.07) is 0.667. The SMILES string of the molecule is CCCNC(=O)NCCNC1CC1. The molecule has 0 aromatic rings. The first kappa shape index (κ1) is 10.3. The number of nitrogens with one attached hydrogen (secondary N) is 3. The van der Waals surface area contributed by atoms with E-state index in [-0.39, 0.29) is 6.03 Å². The number of rotatable bonds is 6. The van der Waals surface area contributed by atoms with E-state index in [1.54, 1.807) is 0 Å². The van der Waals surface area contributed by atoms with E-state index < -0.39 is 0 Å². The molecule has 3 N–H and O–H groups in total. The number of hydrogen-bond donors (Lipinski definition) is 3. The Hall–Kier alpha value is -0.770. The van der Waals surface area contributed by atoms with Crippen LogP contribution >= 0.6 is 0 Å². The van der Waals surface area contributed by atoms with Crippen molar-refractivity contribution in [2.45, 2.75) is 32.2 Å². The molecule has 4 heteroatoms. The molecule has 0 atom stereocenters. The topological polar surface area (TPSA) is 53.2 Å². The van der Waals surface area contributed by atoms with Crippen LogP contribution in [0, 0.1) is 0 Å².